The quantitative estimate of drug-likeness (QED) is 0.372. The van der Waals surface area contributed by atoms with Crippen molar-refractivity contribution in [3.63, 3.8) is 0 Å². The lowest BCUT2D eigenvalue weighted by atomic mass is 10.0. The predicted octanol–water partition coefficient (Wildman–Crippen LogP) is 5.45. The first-order valence-corrected chi connectivity index (χ1v) is 13.9. The maximum absolute atomic E-state index is 13.3. The van der Waals surface area contributed by atoms with Crippen molar-refractivity contribution in [3.8, 4) is 11.5 Å². The number of thioether (sulfide) groups is 1. The van der Waals surface area contributed by atoms with E-state index in [-0.39, 0.29) is 24.5 Å². The lowest BCUT2D eigenvalue weighted by molar-refractivity contribution is -0.130. The van der Waals surface area contributed by atoms with Crippen LogP contribution < -0.4 is 9.47 Å². The van der Waals surface area contributed by atoms with Gasteiger partial charge in [0.05, 0.1) is 22.4 Å². The van der Waals surface area contributed by atoms with Gasteiger partial charge in [0, 0.05) is 12.8 Å². The summed E-state index contributed by atoms with van der Waals surface area (Å²) < 4.78 is 16.8. The molecule has 0 spiro atoms. The molecule has 35 heavy (non-hydrogen) atoms. The molecule has 6 rings (SSSR count). The number of aromatic nitrogens is 2. The summed E-state index contributed by atoms with van der Waals surface area (Å²) in [7, 11) is 0. The fraction of sp³-hybridized carbons (Fsp3) is 0.440. The van der Waals surface area contributed by atoms with Gasteiger partial charge in [-0.25, -0.2) is 5.01 Å². The zero-order valence-electron chi connectivity index (χ0n) is 19.2. The van der Waals surface area contributed by atoms with E-state index in [2.05, 4.69) is 10.2 Å². The van der Waals surface area contributed by atoms with Gasteiger partial charge in [-0.3, -0.25) is 4.79 Å². The second kappa shape index (κ2) is 10.0. The molecule has 1 aromatic carbocycles. The smallest absolute Gasteiger partial charge is 0.277 e. The molecular formula is C25H26N4O4S2. The standard InChI is InChI=1S/C25H26N4O4S2/c30-24(14-35-25-27-26-23(33-25)10-7-16-4-1-2-5-16)29-19(13-18(28-29)22-6-3-11-34-22)17-8-9-20-21(12-17)32-15-31-20/h3,6,8-9,11-12,16,19H,1-2,4-5,7,10,13-15H2. The molecule has 1 unspecified atom stereocenters. The van der Waals surface area contributed by atoms with Crippen LogP contribution in [-0.2, 0) is 11.2 Å². The molecule has 1 atom stereocenters. The van der Waals surface area contributed by atoms with Crippen molar-refractivity contribution in [3.05, 3.63) is 52.0 Å². The lowest BCUT2D eigenvalue weighted by Crippen LogP contribution is -2.28. The third-order valence-corrected chi connectivity index (χ3v) is 8.48. The second-order valence-corrected chi connectivity index (χ2v) is 10.9. The highest BCUT2D eigenvalue weighted by Crippen LogP contribution is 2.40. The second-order valence-electron chi connectivity index (χ2n) is 9.03. The van der Waals surface area contributed by atoms with Crippen molar-refractivity contribution in [2.45, 2.75) is 56.2 Å². The third kappa shape index (κ3) is 4.95. The first kappa shape index (κ1) is 22.6. The van der Waals surface area contributed by atoms with Crippen LogP contribution in [0.2, 0.25) is 0 Å². The summed E-state index contributed by atoms with van der Waals surface area (Å²) in [6, 6.07) is 9.64. The van der Waals surface area contributed by atoms with Crippen LogP contribution in [0, 0.1) is 5.92 Å². The van der Waals surface area contributed by atoms with E-state index in [1.165, 1.54) is 37.4 Å². The molecular weight excluding hydrogens is 484 g/mol. The van der Waals surface area contributed by atoms with Crippen molar-refractivity contribution < 1.29 is 18.7 Å². The molecule has 10 heteroatoms. The first-order valence-electron chi connectivity index (χ1n) is 12.0. The zero-order chi connectivity index (χ0) is 23.6. The summed E-state index contributed by atoms with van der Waals surface area (Å²) in [5.74, 6) is 2.92. The van der Waals surface area contributed by atoms with Crippen LogP contribution in [0.15, 0.2) is 50.5 Å². The van der Waals surface area contributed by atoms with E-state index in [4.69, 9.17) is 19.0 Å². The number of rotatable bonds is 8. The maximum Gasteiger partial charge on any atom is 0.277 e. The Morgan fingerprint density at radius 1 is 1.14 bits per heavy atom. The van der Waals surface area contributed by atoms with Gasteiger partial charge in [0.25, 0.3) is 11.1 Å². The zero-order valence-corrected chi connectivity index (χ0v) is 20.9. The normalized spacial score (nSPS) is 19.5. The average molecular weight is 511 g/mol. The number of hydrogen-bond acceptors (Lipinski definition) is 9. The Labute approximate surface area is 211 Å². The molecule has 0 N–H and O–H groups in total. The monoisotopic (exact) mass is 510 g/mol. The van der Waals surface area contributed by atoms with Gasteiger partial charge in [-0.15, -0.1) is 21.5 Å². The molecule has 4 heterocycles. The topological polar surface area (TPSA) is 90.1 Å². The number of ether oxygens (including phenoxy) is 2. The average Bonchev–Trinajstić information content (AvgIpc) is 3.70. The molecule has 0 bridgehead atoms. The van der Waals surface area contributed by atoms with E-state index >= 15 is 0 Å². The summed E-state index contributed by atoms with van der Waals surface area (Å²) in [6.07, 6.45) is 7.81. The SMILES string of the molecule is O=C(CSc1nnc(CCC2CCCC2)o1)N1N=C(c2cccs2)CC1c1ccc2c(c1)OCO2. The lowest BCUT2D eigenvalue weighted by Gasteiger charge is -2.22. The van der Waals surface area contributed by atoms with E-state index in [9.17, 15) is 4.79 Å². The van der Waals surface area contributed by atoms with Gasteiger partial charge in [0.1, 0.15) is 0 Å². The van der Waals surface area contributed by atoms with Crippen molar-refractivity contribution in [1.29, 1.82) is 0 Å². The molecule has 1 saturated carbocycles. The first-order chi connectivity index (χ1) is 17.2. The number of hydrogen-bond donors (Lipinski definition) is 0. The summed E-state index contributed by atoms with van der Waals surface area (Å²) in [4.78, 5) is 14.4. The number of benzene rings is 1. The number of carbonyl (C=O) groups excluding carboxylic acids is 1. The Hall–Kier alpha value is -2.85. The van der Waals surface area contributed by atoms with Crippen LogP contribution >= 0.6 is 23.1 Å². The fourth-order valence-electron chi connectivity index (χ4n) is 4.93. The van der Waals surface area contributed by atoms with Crippen LogP contribution in [0.25, 0.3) is 0 Å². The molecule has 2 aromatic heterocycles. The Bertz CT molecular complexity index is 1220. The number of hydrazone groups is 1. The molecule has 1 aliphatic carbocycles. The van der Waals surface area contributed by atoms with Crippen molar-refractivity contribution >= 4 is 34.7 Å². The van der Waals surface area contributed by atoms with Crippen molar-refractivity contribution in [2.75, 3.05) is 12.5 Å². The van der Waals surface area contributed by atoms with E-state index in [0.717, 1.165) is 40.7 Å². The number of carbonyl (C=O) groups is 1. The van der Waals surface area contributed by atoms with Crippen molar-refractivity contribution in [2.24, 2.45) is 11.0 Å². The van der Waals surface area contributed by atoms with Crippen LogP contribution in [0.5, 0.6) is 11.5 Å². The molecule has 1 amide bonds. The Morgan fingerprint density at radius 3 is 2.89 bits per heavy atom. The molecule has 182 valence electrons. The molecule has 3 aliphatic rings. The summed E-state index contributed by atoms with van der Waals surface area (Å²) in [5.41, 5.74) is 1.88. The summed E-state index contributed by atoms with van der Waals surface area (Å²) in [6.45, 7) is 0.215. The van der Waals surface area contributed by atoms with Gasteiger partial charge in [-0.1, -0.05) is 49.6 Å². The number of fused-ring (bicyclic) bond motifs is 1. The highest BCUT2D eigenvalue weighted by atomic mass is 32.2. The van der Waals surface area contributed by atoms with E-state index in [1.54, 1.807) is 16.3 Å². The molecule has 8 nitrogen and oxygen atoms in total. The van der Waals surface area contributed by atoms with E-state index in [1.807, 2.05) is 35.7 Å². The minimum atomic E-state index is -0.209. The highest BCUT2D eigenvalue weighted by molar-refractivity contribution is 7.99. The van der Waals surface area contributed by atoms with Crippen molar-refractivity contribution in [1.82, 2.24) is 15.2 Å². The van der Waals surface area contributed by atoms with Gasteiger partial charge in [0.15, 0.2) is 11.5 Å². The summed E-state index contributed by atoms with van der Waals surface area (Å²) >= 11 is 2.89. The maximum atomic E-state index is 13.3. The van der Waals surface area contributed by atoms with Crippen LogP contribution in [0.1, 0.15) is 60.9 Å². The van der Waals surface area contributed by atoms with E-state index < -0.39 is 0 Å². The van der Waals surface area contributed by atoms with E-state index in [0.29, 0.717) is 23.3 Å². The molecule has 1 fully saturated rings. The molecule has 2 aliphatic heterocycles. The molecule has 3 aromatic rings. The van der Waals surface area contributed by atoms with Crippen LogP contribution in [-0.4, -0.2) is 39.4 Å². The third-order valence-electron chi connectivity index (χ3n) is 6.76. The van der Waals surface area contributed by atoms with Gasteiger partial charge >= 0.3 is 0 Å². The van der Waals surface area contributed by atoms with Crippen LogP contribution in [0.4, 0.5) is 0 Å². The van der Waals surface area contributed by atoms with Gasteiger partial charge in [0.2, 0.25) is 12.7 Å². The molecule has 0 saturated heterocycles. The fourth-order valence-corrected chi connectivity index (χ4v) is 6.28. The summed E-state index contributed by atoms with van der Waals surface area (Å²) in [5, 5.41) is 17.1. The predicted molar refractivity (Wildman–Crippen MR) is 133 cm³/mol. The number of nitrogens with zero attached hydrogens (tertiary/aromatic N) is 4. The largest absolute Gasteiger partial charge is 0.454 e. The van der Waals surface area contributed by atoms with Gasteiger partial charge in [-0.05, 0) is 41.5 Å². The minimum absolute atomic E-state index is 0.102. The number of thiophene rings is 1. The Balaban J connectivity index is 1.14. The van der Waals surface area contributed by atoms with Gasteiger partial charge in [-0.2, -0.15) is 5.10 Å². The van der Waals surface area contributed by atoms with Crippen LogP contribution in [0.3, 0.4) is 0 Å². The highest BCUT2D eigenvalue weighted by Gasteiger charge is 2.34. The number of aryl methyl sites for hydroxylation is 1. The molecule has 0 radical (unpaired) electrons. The Kier molecular flexibility index (Phi) is 6.47. The minimum Gasteiger partial charge on any atom is -0.454 e. The van der Waals surface area contributed by atoms with Gasteiger partial charge < -0.3 is 13.9 Å². The Morgan fingerprint density at radius 2 is 2.03 bits per heavy atom. The number of amides is 1.